The maximum absolute atomic E-state index is 10.9. The topological polar surface area (TPSA) is 32.7 Å². The third-order valence-corrected chi connectivity index (χ3v) is 4.22. The Morgan fingerprint density at radius 3 is 2.55 bits per heavy atom. The van der Waals surface area contributed by atoms with Gasteiger partial charge in [-0.25, -0.2) is 0 Å². The van der Waals surface area contributed by atoms with Crippen LogP contribution in [0.2, 0.25) is 0 Å². The predicted octanol–water partition coefficient (Wildman–Crippen LogP) is 3.17. The van der Waals surface area contributed by atoms with E-state index >= 15 is 0 Å². The van der Waals surface area contributed by atoms with Gasteiger partial charge in [-0.3, -0.25) is 0 Å². The fourth-order valence-corrected chi connectivity index (χ4v) is 2.86. The second-order valence-corrected chi connectivity index (χ2v) is 5.69. The average Bonchev–Trinajstić information content (AvgIpc) is 2.68. The number of ether oxygens (including phenoxy) is 1. The summed E-state index contributed by atoms with van der Waals surface area (Å²) in [6.45, 7) is 8.17. The van der Waals surface area contributed by atoms with E-state index < -0.39 is 5.60 Å². The molecule has 0 aliphatic carbocycles. The molecular formula is C17H27NO2. The van der Waals surface area contributed by atoms with Crippen molar-refractivity contribution in [2.24, 2.45) is 0 Å². The normalized spacial score (nSPS) is 24.4. The van der Waals surface area contributed by atoms with Crippen molar-refractivity contribution in [3.63, 3.8) is 0 Å². The Bertz CT molecular complexity index is 404. The van der Waals surface area contributed by atoms with Gasteiger partial charge in [-0.05, 0) is 56.5 Å². The number of hydrogen-bond donors (Lipinski definition) is 1. The number of rotatable bonds is 5. The molecule has 0 spiro atoms. The molecule has 1 aliphatic heterocycles. The van der Waals surface area contributed by atoms with Crippen molar-refractivity contribution >= 4 is 0 Å². The molecule has 0 amide bonds. The minimum absolute atomic E-state index is 0.673. The molecule has 1 saturated heterocycles. The van der Waals surface area contributed by atoms with Crippen LogP contribution in [0.5, 0.6) is 5.75 Å². The summed E-state index contributed by atoms with van der Waals surface area (Å²) in [6.07, 6.45) is 3.73. The number of hydrogen-bond acceptors (Lipinski definition) is 3. The summed E-state index contributed by atoms with van der Waals surface area (Å²) >= 11 is 0. The molecule has 0 aromatic heterocycles. The van der Waals surface area contributed by atoms with Crippen molar-refractivity contribution < 1.29 is 9.84 Å². The maximum Gasteiger partial charge on any atom is 0.119 e. The summed E-state index contributed by atoms with van der Waals surface area (Å²) in [6, 6.07) is 8.00. The Kier molecular flexibility index (Phi) is 5.44. The maximum atomic E-state index is 10.9. The van der Waals surface area contributed by atoms with Crippen LogP contribution in [0.3, 0.4) is 0 Å². The zero-order chi connectivity index (χ0) is 14.4. The molecule has 20 heavy (non-hydrogen) atoms. The molecule has 1 fully saturated rings. The monoisotopic (exact) mass is 277 g/mol. The minimum atomic E-state index is -0.673. The Hall–Kier alpha value is -1.06. The van der Waals surface area contributed by atoms with E-state index in [0.717, 1.165) is 63.2 Å². The standard InChI is InChI=1S/C17H27NO2/c1-3-14-20-16-8-6-15(7-9-16)17(19)10-5-12-18(4-2)13-11-17/h6-9,19H,3-5,10-14H2,1-2H3. The van der Waals surface area contributed by atoms with E-state index in [2.05, 4.69) is 18.7 Å². The average molecular weight is 277 g/mol. The van der Waals surface area contributed by atoms with Gasteiger partial charge in [-0.1, -0.05) is 26.0 Å². The first-order chi connectivity index (χ1) is 9.68. The van der Waals surface area contributed by atoms with E-state index in [9.17, 15) is 5.11 Å². The number of nitrogens with zero attached hydrogens (tertiary/aromatic N) is 1. The van der Waals surface area contributed by atoms with Crippen LogP contribution in [0.15, 0.2) is 24.3 Å². The molecule has 1 aromatic carbocycles. The summed E-state index contributed by atoms with van der Waals surface area (Å²) < 4.78 is 5.60. The van der Waals surface area contributed by atoms with E-state index in [1.54, 1.807) is 0 Å². The first-order valence-corrected chi connectivity index (χ1v) is 7.86. The zero-order valence-corrected chi connectivity index (χ0v) is 12.8. The van der Waals surface area contributed by atoms with E-state index in [1.807, 2.05) is 24.3 Å². The fourth-order valence-electron chi connectivity index (χ4n) is 2.86. The number of likely N-dealkylation sites (tertiary alicyclic amines) is 1. The largest absolute Gasteiger partial charge is 0.494 e. The van der Waals surface area contributed by atoms with Gasteiger partial charge < -0.3 is 14.7 Å². The molecule has 3 nitrogen and oxygen atoms in total. The van der Waals surface area contributed by atoms with Crippen molar-refractivity contribution in [2.45, 2.75) is 45.1 Å². The van der Waals surface area contributed by atoms with E-state index in [1.165, 1.54) is 0 Å². The summed E-state index contributed by atoms with van der Waals surface area (Å²) in [7, 11) is 0. The lowest BCUT2D eigenvalue weighted by molar-refractivity contribution is 0.0213. The van der Waals surface area contributed by atoms with E-state index in [0.29, 0.717) is 0 Å². The number of aliphatic hydroxyl groups is 1. The Morgan fingerprint density at radius 2 is 1.90 bits per heavy atom. The Morgan fingerprint density at radius 1 is 1.15 bits per heavy atom. The first-order valence-electron chi connectivity index (χ1n) is 7.86. The highest BCUT2D eigenvalue weighted by molar-refractivity contribution is 5.31. The minimum Gasteiger partial charge on any atom is -0.494 e. The van der Waals surface area contributed by atoms with Gasteiger partial charge in [0.25, 0.3) is 0 Å². The molecule has 1 atom stereocenters. The molecule has 1 heterocycles. The molecule has 112 valence electrons. The molecule has 0 saturated carbocycles. The van der Waals surface area contributed by atoms with Gasteiger partial charge in [0.1, 0.15) is 5.75 Å². The van der Waals surface area contributed by atoms with Gasteiger partial charge in [0.2, 0.25) is 0 Å². The molecule has 1 N–H and O–H groups in total. The Balaban J connectivity index is 2.05. The van der Waals surface area contributed by atoms with E-state index in [4.69, 9.17) is 4.74 Å². The van der Waals surface area contributed by atoms with Crippen molar-refractivity contribution in [1.82, 2.24) is 4.90 Å². The van der Waals surface area contributed by atoms with Crippen LogP contribution in [0.1, 0.15) is 45.1 Å². The van der Waals surface area contributed by atoms with Gasteiger partial charge in [0, 0.05) is 6.54 Å². The van der Waals surface area contributed by atoms with Gasteiger partial charge in [0.05, 0.1) is 12.2 Å². The molecule has 0 bridgehead atoms. The third kappa shape index (κ3) is 3.74. The van der Waals surface area contributed by atoms with Gasteiger partial charge in [0.15, 0.2) is 0 Å². The molecule has 0 radical (unpaired) electrons. The molecule has 1 aromatic rings. The molecule has 1 unspecified atom stereocenters. The van der Waals surface area contributed by atoms with Gasteiger partial charge in [-0.2, -0.15) is 0 Å². The zero-order valence-electron chi connectivity index (χ0n) is 12.8. The van der Waals surface area contributed by atoms with Crippen LogP contribution in [-0.4, -0.2) is 36.2 Å². The molecule has 3 heteroatoms. The highest BCUT2D eigenvalue weighted by Crippen LogP contribution is 2.33. The Labute approximate surface area is 122 Å². The summed E-state index contributed by atoms with van der Waals surface area (Å²) in [5, 5.41) is 10.9. The summed E-state index contributed by atoms with van der Waals surface area (Å²) in [5.74, 6) is 0.892. The highest BCUT2D eigenvalue weighted by Gasteiger charge is 2.31. The SMILES string of the molecule is CCCOc1ccc(C2(O)CCCN(CC)CC2)cc1. The number of benzene rings is 1. The van der Waals surface area contributed by atoms with Crippen molar-refractivity contribution in [2.75, 3.05) is 26.2 Å². The van der Waals surface area contributed by atoms with Crippen LogP contribution in [0.25, 0.3) is 0 Å². The van der Waals surface area contributed by atoms with E-state index in [-0.39, 0.29) is 0 Å². The van der Waals surface area contributed by atoms with Crippen LogP contribution in [0.4, 0.5) is 0 Å². The van der Waals surface area contributed by atoms with Gasteiger partial charge >= 0.3 is 0 Å². The van der Waals surface area contributed by atoms with Crippen molar-refractivity contribution in [1.29, 1.82) is 0 Å². The molecular weight excluding hydrogens is 250 g/mol. The van der Waals surface area contributed by atoms with Crippen LogP contribution < -0.4 is 4.74 Å². The smallest absolute Gasteiger partial charge is 0.119 e. The van der Waals surface area contributed by atoms with Gasteiger partial charge in [-0.15, -0.1) is 0 Å². The lowest BCUT2D eigenvalue weighted by Crippen LogP contribution is -2.29. The lowest BCUT2D eigenvalue weighted by atomic mass is 9.87. The third-order valence-electron chi connectivity index (χ3n) is 4.22. The summed E-state index contributed by atoms with van der Waals surface area (Å²) in [5.41, 5.74) is 0.354. The second kappa shape index (κ2) is 7.09. The fraction of sp³-hybridized carbons (Fsp3) is 0.647. The predicted molar refractivity (Wildman–Crippen MR) is 82.1 cm³/mol. The second-order valence-electron chi connectivity index (χ2n) is 5.69. The van der Waals surface area contributed by atoms with Crippen LogP contribution >= 0.6 is 0 Å². The van der Waals surface area contributed by atoms with Crippen LogP contribution in [0, 0.1) is 0 Å². The molecule has 1 aliphatic rings. The molecule has 2 rings (SSSR count). The van der Waals surface area contributed by atoms with Crippen molar-refractivity contribution in [3.05, 3.63) is 29.8 Å². The first kappa shape index (κ1) is 15.3. The van der Waals surface area contributed by atoms with Crippen molar-refractivity contribution in [3.8, 4) is 5.75 Å². The lowest BCUT2D eigenvalue weighted by Gasteiger charge is -2.27. The quantitative estimate of drug-likeness (QED) is 0.897. The summed E-state index contributed by atoms with van der Waals surface area (Å²) in [4.78, 5) is 2.41. The highest BCUT2D eigenvalue weighted by atomic mass is 16.5. The van der Waals surface area contributed by atoms with Crippen LogP contribution in [-0.2, 0) is 5.60 Å².